The van der Waals surface area contributed by atoms with Crippen molar-refractivity contribution in [2.75, 3.05) is 0 Å². The van der Waals surface area contributed by atoms with Gasteiger partial charge in [0.1, 0.15) is 11.3 Å². The van der Waals surface area contributed by atoms with E-state index in [1.807, 2.05) is 6.92 Å². The Balaban J connectivity index is 2.78. The molecule has 2 heterocycles. The molecule has 0 unspecified atom stereocenters. The van der Waals surface area contributed by atoms with Crippen molar-refractivity contribution in [1.29, 1.82) is 0 Å². The van der Waals surface area contributed by atoms with Gasteiger partial charge in [-0.2, -0.15) is 10.2 Å². The molecule has 0 N–H and O–H groups in total. The van der Waals surface area contributed by atoms with E-state index < -0.39 is 0 Å². The van der Waals surface area contributed by atoms with Crippen LogP contribution in [0.15, 0.2) is 6.20 Å². The minimum absolute atomic E-state index is 0.353. The van der Waals surface area contributed by atoms with Crippen molar-refractivity contribution in [3.05, 3.63) is 17.7 Å². The topological polar surface area (TPSA) is 43.6 Å². The van der Waals surface area contributed by atoms with Crippen LogP contribution >= 0.6 is 0 Å². The predicted molar refractivity (Wildman–Crippen MR) is 64.5 cm³/mol. The zero-order valence-electron chi connectivity index (χ0n) is 10.5. The molecule has 4 nitrogen and oxygen atoms in total. The highest BCUT2D eigenvalue weighted by Gasteiger charge is 2.16. The van der Waals surface area contributed by atoms with Gasteiger partial charge in [-0.3, -0.25) is 0 Å². The zero-order chi connectivity index (χ0) is 11.9. The predicted octanol–water partition coefficient (Wildman–Crippen LogP) is 2.84. The van der Waals surface area contributed by atoms with Crippen molar-refractivity contribution in [3.63, 3.8) is 0 Å². The van der Waals surface area contributed by atoms with Gasteiger partial charge >= 0.3 is 0 Å². The fraction of sp³-hybridized carbons (Fsp3) is 0.583. The Bertz CT molecular complexity index is 511. The van der Waals surface area contributed by atoms with E-state index in [1.165, 1.54) is 0 Å². The molecule has 0 aliphatic rings. The smallest absolute Gasteiger partial charge is 0.114 e. The molecule has 0 atom stereocenters. The van der Waals surface area contributed by atoms with Crippen LogP contribution in [0.25, 0.3) is 11.0 Å². The van der Waals surface area contributed by atoms with Gasteiger partial charge in [-0.15, -0.1) is 0 Å². The van der Waals surface area contributed by atoms with E-state index in [2.05, 4.69) is 47.4 Å². The SMILES string of the molecule is Cc1nc2c(C(C)C)nncc2n1C(C)C. The molecule has 2 rings (SSSR count). The lowest BCUT2D eigenvalue weighted by Crippen LogP contribution is -2.03. The highest BCUT2D eigenvalue weighted by atomic mass is 15.2. The summed E-state index contributed by atoms with van der Waals surface area (Å²) in [5.41, 5.74) is 3.07. The maximum absolute atomic E-state index is 4.62. The average Bonchev–Trinajstić information content (AvgIpc) is 2.52. The maximum atomic E-state index is 4.62. The first-order chi connectivity index (χ1) is 7.52. The van der Waals surface area contributed by atoms with Crippen molar-refractivity contribution in [1.82, 2.24) is 19.7 Å². The van der Waals surface area contributed by atoms with Gasteiger partial charge in [-0.1, -0.05) is 13.8 Å². The molecule has 86 valence electrons. The summed E-state index contributed by atoms with van der Waals surface area (Å²) in [6.45, 7) is 10.6. The van der Waals surface area contributed by atoms with Crippen molar-refractivity contribution < 1.29 is 0 Å². The first-order valence-corrected chi connectivity index (χ1v) is 5.72. The van der Waals surface area contributed by atoms with Gasteiger partial charge in [-0.05, 0) is 26.7 Å². The number of imidazole rings is 1. The standard InChI is InChI=1S/C12H18N4/c1-7(2)11-12-10(6-13-15-11)16(8(3)4)9(5)14-12/h6-8H,1-5H3. The summed E-state index contributed by atoms with van der Waals surface area (Å²) in [4.78, 5) is 4.62. The number of aryl methyl sites for hydroxylation is 1. The van der Waals surface area contributed by atoms with Gasteiger partial charge in [0.2, 0.25) is 0 Å². The first-order valence-electron chi connectivity index (χ1n) is 5.72. The molecule has 2 aromatic heterocycles. The van der Waals surface area contributed by atoms with E-state index in [0.717, 1.165) is 22.6 Å². The largest absolute Gasteiger partial charge is 0.324 e. The lowest BCUT2D eigenvalue weighted by Gasteiger charge is -2.10. The quantitative estimate of drug-likeness (QED) is 0.778. The van der Waals surface area contributed by atoms with Gasteiger partial charge in [-0.25, -0.2) is 4.98 Å². The Kier molecular flexibility index (Phi) is 2.66. The average molecular weight is 218 g/mol. The second-order valence-electron chi connectivity index (χ2n) is 4.74. The molecule has 0 amide bonds. The van der Waals surface area contributed by atoms with Crippen LogP contribution in [0.2, 0.25) is 0 Å². The summed E-state index contributed by atoms with van der Waals surface area (Å²) < 4.78 is 2.20. The Hall–Kier alpha value is -1.45. The van der Waals surface area contributed by atoms with Crippen LogP contribution < -0.4 is 0 Å². The summed E-state index contributed by atoms with van der Waals surface area (Å²) in [7, 11) is 0. The summed E-state index contributed by atoms with van der Waals surface area (Å²) in [5.74, 6) is 1.38. The number of rotatable bonds is 2. The molecule has 0 aromatic carbocycles. The monoisotopic (exact) mass is 218 g/mol. The second-order valence-corrected chi connectivity index (χ2v) is 4.74. The van der Waals surface area contributed by atoms with E-state index in [0.29, 0.717) is 12.0 Å². The second kappa shape index (κ2) is 3.85. The first kappa shape index (κ1) is 11.0. The summed E-state index contributed by atoms with van der Waals surface area (Å²) >= 11 is 0. The van der Waals surface area contributed by atoms with Crippen LogP contribution in [0.5, 0.6) is 0 Å². The minimum Gasteiger partial charge on any atom is -0.324 e. The highest BCUT2D eigenvalue weighted by molar-refractivity contribution is 5.77. The van der Waals surface area contributed by atoms with E-state index in [4.69, 9.17) is 0 Å². The molecule has 0 fully saturated rings. The molecular weight excluding hydrogens is 200 g/mol. The molecule has 0 saturated carbocycles. The fourth-order valence-electron chi connectivity index (χ4n) is 2.11. The molecule has 0 bridgehead atoms. The van der Waals surface area contributed by atoms with E-state index in [-0.39, 0.29) is 0 Å². The van der Waals surface area contributed by atoms with Gasteiger partial charge in [0.25, 0.3) is 0 Å². The summed E-state index contributed by atoms with van der Waals surface area (Å²) in [5, 5.41) is 8.27. The molecule has 0 aliphatic carbocycles. The number of hydrogen-bond acceptors (Lipinski definition) is 3. The van der Waals surface area contributed by atoms with Crippen LogP contribution in [-0.2, 0) is 0 Å². The highest BCUT2D eigenvalue weighted by Crippen LogP contribution is 2.25. The number of hydrogen-bond donors (Lipinski definition) is 0. The maximum Gasteiger partial charge on any atom is 0.114 e. The molecule has 2 aromatic rings. The van der Waals surface area contributed by atoms with Crippen LogP contribution in [0.3, 0.4) is 0 Å². The van der Waals surface area contributed by atoms with E-state index >= 15 is 0 Å². The number of nitrogens with zero attached hydrogens (tertiary/aromatic N) is 4. The van der Waals surface area contributed by atoms with Gasteiger partial charge < -0.3 is 4.57 Å². The van der Waals surface area contributed by atoms with Crippen LogP contribution in [0.1, 0.15) is 51.2 Å². The van der Waals surface area contributed by atoms with Crippen molar-refractivity contribution in [2.24, 2.45) is 0 Å². The lowest BCUT2D eigenvalue weighted by atomic mass is 10.1. The van der Waals surface area contributed by atoms with E-state index in [9.17, 15) is 0 Å². The third-order valence-corrected chi connectivity index (χ3v) is 2.78. The molecule has 0 radical (unpaired) electrons. The van der Waals surface area contributed by atoms with Crippen LogP contribution in [-0.4, -0.2) is 19.7 Å². The molecule has 0 spiro atoms. The third kappa shape index (κ3) is 1.58. The van der Waals surface area contributed by atoms with E-state index in [1.54, 1.807) is 6.20 Å². The van der Waals surface area contributed by atoms with Crippen LogP contribution in [0.4, 0.5) is 0 Å². The van der Waals surface area contributed by atoms with Crippen molar-refractivity contribution >= 4 is 11.0 Å². The Labute approximate surface area is 95.7 Å². The Morgan fingerprint density at radius 1 is 1.19 bits per heavy atom. The lowest BCUT2D eigenvalue weighted by molar-refractivity contribution is 0.599. The number of aromatic nitrogens is 4. The normalized spacial score (nSPS) is 11.9. The van der Waals surface area contributed by atoms with Crippen molar-refractivity contribution in [2.45, 2.75) is 46.6 Å². The zero-order valence-corrected chi connectivity index (χ0v) is 10.5. The minimum atomic E-state index is 0.353. The van der Waals surface area contributed by atoms with Gasteiger partial charge in [0.05, 0.1) is 17.4 Å². The Morgan fingerprint density at radius 3 is 2.44 bits per heavy atom. The molecule has 16 heavy (non-hydrogen) atoms. The van der Waals surface area contributed by atoms with Crippen LogP contribution in [0, 0.1) is 6.92 Å². The van der Waals surface area contributed by atoms with Crippen molar-refractivity contribution in [3.8, 4) is 0 Å². The van der Waals surface area contributed by atoms with Gasteiger partial charge in [0.15, 0.2) is 0 Å². The number of fused-ring (bicyclic) bond motifs is 1. The summed E-state index contributed by atoms with van der Waals surface area (Å²) in [6, 6.07) is 0.397. The van der Waals surface area contributed by atoms with Gasteiger partial charge in [0, 0.05) is 6.04 Å². The molecule has 0 aliphatic heterocycles. The fourth-order valence-corrected chi connectivity index (χ4v) is 2.11. The summed E-state index contributed by atoms with van der Waals surface area (Å²) in [6.07, 6.45) is 1.81. The molecule has 4 heteroatoms. The molecular formula is C12H18N4. The third-order valence-electron chi connectivity index (χ3n) is 2.78. The molecule has 0 saturated heterocycles. The Morgan fingerprint density at radius 2 is 1.88 bits per heavy atom.